The topological polar surface area (TPSA) is 88.4 Å². The monoisotopic (exact) mass is 470 g/mol. The van der Waals surface area contributed by atoms with Gasteiger partial charge in [0.25, 0.3) is 11.5 Å². The van der Waals surface area contributed by atoms with Gasteiger partial charge < -0.3 is 15.0 Å². The maximum Gasteiger partial charge on any atom is 0.329 e. The number of nitrogens with zero attached hydrogens (tertiary/aromatic N) is 1. The van der Waals surface area contributed by atoms with Gasteiger partial charge in [0.2, 0.25) is 0 Å². The molecule has 188 valence electrons. The molecule has 0 spiro atoms. The molecule has 0 bridgehead atoms. The van der Waals surface area contributed by atoms with Gasteiger partial charge in [-0.3, -0.25) is 9.59 Å². The van der Waals surface area contributed by atoms with Crippen molar-refractivity contribution < 1.29 is 14.7 Å². The van der Waals surface area contributed by atoms with Crippen LogP contribution in [0.4, 0.5) is 0 Å². The highest BCUT2D eigenvalue weighted by atomic mass is 16.4. The van der Waals surface area contributed by atoms with E-state index >= 15 is 0 Å². The Labute approximate surface area is 203 Å². The Hall–Kier alpha value is -2.11. The van der Waals surface area contributed by atoms with Crippen molar-refractivity contribution in [3.63, 3.8) is 0 Å². The predicted molar refractivity (Wildman–Crippen MR) is 133 cm³/mol. The molecular weight excluding hydrogens is 428 g/mol. The summed E-state index contributed by atoms with van der Waals surface area (Å²) in [6, 6.07) is 1.79. The van der Waals surface area contributed by atoms with Crippen LogP contribution in [0.25, 0.3) is 0 Å². The number of pyridine rings is 1. The summed E-state index contributed by atoms with van der Waals surface area (Å²) >= 11 is 0. The van der Waals surface area contributed by atoms with Crippen LogP contribution in [0.5, 0.6) is 0 Å². The lowest BCUT2D eigenvalue weighted by Crippen LogP contribution is -2.58. The fraction of sp³-hybridized carbons (Fsp3) is 0.750. The van der Waals surface area contributed by atoms with Gasteiger partial charge in [-0.2, -0.15) is 0 Å². The number of aliphatic carboxylic acids is 1. The second-order valence-electron chi connectivity index (χ2n) is 11.2. The quantitative estimate of drug-likeness (QED) is 0.595. The minimum Gasteiger partial charge on any atom is -0.480 e. The number of carboxylic acids is 1. The normalized spacial score (nSPS) is 22.1. The number of nitrogens with one attached hydrogen (secondary N) is 1. The first-order valence-electron chi connectivity index (χ1n) is 13.7. The summed E-state index contributed by atoms with van der Waals surface area (Å²) in [6.07, 6.45) is 16.8. The molecule has 1 aromatic heterocycles. The Kier molecular flexibility index (Phi) is 8.15. The summed E-state index contributed by atoms with van der Waals surface area (Å²) in [5.41, 5.74) is 0.745. The minimum atomic E-state index is -1.36. The predicted octanol–water partition coefficient (Wildman–Crippen LogP) is 5.24. The zero-order valence-corrected chi connectivity index (χ0v) is 20.9. The van der Waals surface area contributed by atoms with E-state index in [9.17, 15) is 19.5 Å². The summed E-state index contributed by atoms with van der Waals surface area (Å²) in [5.74, 6) is -1.17. The van der Waals surface area contributed by atoms with Gasteiger partial charge in [-0.25, -0.2) is 4.79 Å². The van der Waals surface area contributed by atoms with Crippen LogP contribution >= 0.6 is 0 Å². The fourth-order valence-electron chi connectivity index (χ4n) is 6.53. The molecular formula is C28H42N2O4. The molecule has 6 heteroatoms. The number of aryl methyl sites for hydroxylation is 1. The van der Waals surface area contributed by atoms with Crippen molar-refractivity contribution >= 4 is 11.9 Å². The highest BCUT2D eigenvalue weighted by molar-refractivity contribution is 5.97. The lowest BCUT2D eigenvalue weighted by Gasteiger charge is -2.37. The highest BCUT2D eigenvalue weighted by Crippen LogP contribution is 2.33. The highest BCUT2D eigenvalue weighted by Gasteiger charge is 2.43. The first kappa shape index (κ1) is 25.0. The number of hydrogen-bond acceptors (Lipinski definition) is 3. The molecule has 3 aliphatic carbocycles. The van der Waals surface area contributed by atoms with E-state index in [0.29, 0.717) is 12.5 Å². The Morgan fingerprint density at radius 2 is 1.53 bits per heavy atom. The van der Waals surface area contributed by atoms with E-state index in [1.807, 2.05) is 4.57 Å². The maximum absolute atomic E-state index is 13.7. The van der Waals surface area contributed by atoms with Crippen molar-refractivity contribution in [3.05, 3.63) is 33.2 Å². The van der Waals surface area contributed by atoms with Crippen LogP contribution in [-0.4, -0.2) is 27.1 Å². The first-order chi connectivity index (χ1) is 16.4. The zero-order chi connectivity index (χ0) is 24.1. The molecule has 0 saturated heterocycles. The van der Waals surface area contributed by atoms with Crippen LogP contribution in [0.2, 0.25) is 0 Å². The van der Waals surface area contributed by atoms with Gasteiger partial charge in [0, 0.05) is 12.2 Å². The van der Waals surface area contributed by atoms with Gasteiger partial charge in [-0.1, -0.05) is 51.4 Å². The standard InChI is InChI=1S/C28H42N2O4/c1-28(27(33)34,22-15-9-5-10-16-22)29-25(31)23-18-21-14-8-2-3-11-17-24(21)30(26(23)32)19-20-12-6-4-7-13-20/h18,20,22H,2-17,19H2,1H3,(H,29,31)(H,33,34). The lowest BCUT2D eigenvalue weighted by atomic mass is 9.75. The van der Waals surface area contributed by atoms with E-state index in [4.69, 9.17) is 0 Å². The average molecular weight is 471 g/mol. The third-order valence-corrected chi connectivity index (χ3v) is 8.75. The Bertz CT molecular complexity index is 940. The van der Waals surface area contributed by atoms with Crippen LogP contribution in [-0.2, 0) is 24.2 Å². The van der Waals surface area contributed by atoms with E-state index in [1.165, 1.54) is 32.1 Å². The van der Waals surface area contributed by atoms with Crippen molar-refractivity contribution in [1.29, 1.82) is 0 Å². The number of aromatic nitrogens is 1. The largest absolute Gasteiger partial charge is 0.480 e. The maximum atomic E-state index is 13.7. The molecule has 2 N–H and O–H groups in total. The molecule has 0 radical (unpaired) electrons. The van der Waals surface area contributed by atoms with Crippen molar-refractivity contribution in [2.45, 2.75) is 122 Å². The average Bonchev–Trinajstić information content (AvgIpc) is 2.82. The first-order valence-corrected chi connectivity index (χ1v) is 13.7. The SMILES string of the molecule is CC(NC(=O)c1cc2c(n(CC3CCCCC3)c1=O)CCCCCC2)(C(=O)O)C1CCCCC1. The lowest BCUT2D eigenvalue weighted by molar-refractivity contribution is -0.146. The van der Waals surface area contributed by atoms with E-state index in [-0.39, 0.29) is 17.0 Å². The van der Waals surface area contributed by atoms with Crippen LogP contribution in [0.15, 0.2) is 10.9 Å². The molecule has 1 amide bonds. The summed E-state index contributed by atoms with van der Waals surface area (Å²) < 4.78 is 1.91. The molecule has 1 unspecified atom stereocenters. The van der Waals surface area contributed by atoms with Crippen LogP contribution < -0.4 is 10.9 Å². The third-order valence-electron chi connectivity index (χ3n) is 8.75. The van der Waals surface area contributed by atoms with Crippen LogP contribution in [0, 0.1) is 11.8 Å². The molecule has 1 aromatic rings. The minimum absolute atomic E-state index is 0.114. The Balaban J connectivity index is 1.69. The molecule has 0 aliphatic heterocycles. The summed E-state index contributed by atoms with van der Waals surface area (Å²) in [5, 5.41) is 12.9. The number of amides is 1. The number of carbonyl (C=O) groups excluding carboxylic acids is 1. The van der Waals surface area contributed by atoms with Gasteiger partial charge in [0.1, 0.15) is 11.1 Å². The molecule has 2 fully saturated rings. The second-order valence-corrected chi connectivity index (χ2v) is 11.2. The van der Waals surface area contributed by atoms with Gasteiger partial charge in [-0.05, 0) is 81.8 Å². The molecule has 0 aromatic carbocycles. The molecule has 34 heavy (non-hydrogen) atoms. The summed E-state index contributed by atoms with van der Waals surface area (Å²) in [6.45, 7) is 2.30. The van der Waals surface area contributed by atoms with Crippen molar-refractivity contribution in [3.8, 4) is 0 Å². The smallest absolute Gasteiger partial charge is 0.329 e. The fourth-order valence-corrected chi connectivity index (χ4v) is 6.53. The van der Waals surface area contributed by atoms with Crippen LogP contribution in [0.3, 0.4) is 0 Å². The Morgan fingerprint density at radius 3 is 2.18 bits per heavy atom. The van der Waals surface area contributed by atoms with Crippen molar-refractivity contribution in [1.82, 2.24) is 9.88 Å². The van der Waals surface area contributed by atoms with Gasteiger partial charge in [-0.15, -0.1) is 0 Å². The summed E-state index contributed by atoms with van der Waals surface area (Å²) in [7, 11) is 0. The van der Waals surface area contributed by atoms with E-state index in [1.54, 1.807) is 13.0 Å². The van der Waals surface area contributed by atoms with E-state index < -0.39 is 17.4 Å². The molecule has 3 aliphatic rings. The molecule has 6 nitrogen and oxygen atoms in total. The third kappa shape index (κ3) is 5.41. The second kappa shape index (κ2) is 11.1. The number of carbonyl (C=O) groups is 2. The number of rotatable bonds is 6. The molecule has 2 saturated carbocycles. The van der Waals surface area contributed by atoms with Gasteiger partial charge in [0.15, 0.2) is 0 Å². The molecule has 1 atom stereocenters. The van der Waals surface area contributed by atoms with Crippen LogP contribution in [0.1, 0.15) is 118 Å². The number of fused-ring (bicyclic) bond motifs is 1. The number of hydrogen-bond donors (Lipinski definition) is 2. The molecule has 1 heterocycles. The van der Waals surface area contributed by atoms with Crippen molar-refractivity contribution in [2.75, 3.05) is 0 Å². The van der Waals surface area contributed by atoms with E-state index in [2.05, 4.69) is 5.32 Å². The summed E-state index contributed by atoms with van der Waals surface area (Å²) in [4.78, 5) is 39.6. The molecule has 4 rings (SSSR count). The van der Waals surface area contributed by atoms with E-state index in [0.717, 1.165) is 81.9 Å². The van der Waals surface area contributed by atoms with Gasteiger partial charge >= 0.3 is 5.97 Å². The van der Waals surface area contributed by atoms with Crippen molar-refractivity contribution in [2.24, 2.45) is 11.8 Å². The Morgan fingerprint density at radius 1 is 0.941 bits per heavy atom. The zero-order valence-electron chi connectivity index (χ0n) is 20.9. The van der Waals surface area contributed by atoms with Gasteiger partial charge in [0.05, 0.1) is 0 Å². The number of carboxylic acid groups (broad SMARTS) is 1.